The van der Waals surface area contributed by atoms with Crippen LogP contribution < -0.4 is 5.32 Å². The maximum Gasteiger partial charge on any atom is 0.0370 e. The van der Waals surface area contributed by atoms with Gasteiger partial charge in [-0.1, -0.05) is 44.2 Å². The Morgan fingerprint density at radius 2 is 2.04 bits per heavy atom. The van der Waals surface area contributed by atoms with Crippen LogP contribution in [0.15, 0.2) is 59.9 Å². The average Bonchev–Trinajstić information content (AvgIpc) is 3.06. The van der Waals surface area contributed by atoms with Gasteiger partial charge in [-0.3, -0.25) is 0 Å². The largest absolute Gasteiger partial charge is 0.368 e. The van der Waals surface area contributed by atoms with E-state index < -0.39 is 0 Å². The Morgan fingerprint density at radius 1 is 1.23 bits per heavy atom. The summed E-state index contributed by atoms with van der Waals surface area (Å²) in [4.78, 5) is 2.64. The molecule has 2 heteroatoms. The zero-order chi connectivity index (χ0) is 18.8. The summed E-state index contributed by atoms with van der Waals surface area (Å²) in [7, 11) is 0. The van der Waals surface area contributed by atoms with Crippen molar-refractivity contribution < 1.29 is 0 Å². The van der Waals surface area contributed by atoms with Gasteiger partial charge in [0.1, 0.15) is 0 Å². The second-order valence-corrected chi connectivity index (χ2v) is 7.47. The second-order valence-electron chi connectivity index (χ2n) is 7.47. The van der Waals surface area contributed by atoms with Gasteiger partial charge < -0.3 is 10.2 Å². The highest BCUT2D eigenvalue weighted by Gasteiger charge is 2.29. The molecule has 2 unspecified atom stereocenters. The lowest BCUT2D eigenvalue weighted by Gasteiger charge is -2.34. The topological polar surface area (TPSA) is 15.3 Å². The summed E-state index contributed by atoms with van der Waals surface area (Å²) in [5.41, 5.74) is 4.40. The van der Waals surface area contributed by atoms with E-state index in [1.807, 2.05) is 6.08 Å². The first kappa shape index (κ1) is 20.8. The summed E-state index contributed by atoms with van der Waals surface area (Å²) in [6.07, 6.45) is 21.9. The molecule has 0 aromatic rings. The normalized spacial score (nSPS) is 27.6. The van der Waals surface area contributed by atoms with Crippen molar-refractivity contribution in [3.63, 3.8) is 0 Å². The average molecular weight is 355 g/mol. The van der Waals surface area contributed by atoms with Gasteiger partial charge in [0, 0.05) is 24.3 Å². The molecule has 2 rings (SSSR count). The molecule has 0 bridgehead atoms. The third-order valence-corrected chi connectivity index (χ3v) is 5.65. The van der Waals surface area contributed by atoms with Crippen molar-refractivity contribution in [3.05, 3.63) is 59.9 Å². The van der Waals surface area contributed by atoms with Crippen LogP contribution in [0.1, 0.15) is 65.7 Å². The van der Waals surface area contributed by atoms with Gasteiger partial charge in [0.05, 0.1) is 0 Å². The number of allylic oxidation sites excluding steroid dienone is 6. The molecule has 0 spiro atoms. The monoisotopic (exact) mass is 354 g/mol. The zero-order valence-electron chi connectivity index (χ0n) is 17.1. The molecule has 0 amide bonds. The van der Waals surface area contributed by atoms with Gasteiger partial charge in [-0.15, -0.1) is 0 Å². The molecule has 144 valence electrons. The number of hydrogen-bond donors (Lipinski definition) is 1. The Labute approximate surface area is 161 Å². The Bertz CT molecular complexity index is 559. The molecule has 0 aromatic carbocycles. The van der Waals surface area contributed by atoms with Crippen LogP contribution >= 0.6 is 0 Å². The highest BCUT2D eigenvalue weighted by molar-refractivity contribution is 5.38. The minimum atomic E-state index is 0.560. The van der Waals surface area contributed by atoms with Crippen molar-refractivity contribution in [1.29, 1.82) is 0 Å². The molecule has 2 atom stereocenters. The number of hydrogen-bond acceptors (Lipinski definition) is 2. The Balaban J connectivity index is 2.17. The molecule has 2 nitrogen and oxygen atoms in total. The molecular formula is C24H38N2. The third kappa shape index (κ3) is 5.74. The van der Waals surface area contributed by atoms with Crippen LogP contribution in [0, 0.1) is 0 Å². The fraction of sp³-hybridized carbons (Fsp3) is 0.583. The van der Waals surface area contributed by atoms with Crippen LogP contribution in [0.3, 0.4) is 0 Å². The molecule has 0 radical (unpaired) electrons. The minimum Gasteiger partial charge on any atom is -0.368 e. The fourth-order valence-corrected chi connectivity index (χ4v) is 4.35. The summed E-state index contributed by atoms with van der Waals surface area (Å²) in [6.45, 7) is 12.8. The predicted octanol–water partition coefficient (Wildman–Crippen LogP) is 5.91. The fourth-order valence-electron chi connectivity index (χ4n) is 4.35. The van der Waals surface area contributed by atoms with Gasteiger partial charge in [0.25, 0.3) is 0 Å². The Kier molecular flexibility index (Phi) is 8.97. The van der Waals surface area contributed by atoms with Crippen molar-refractivity contribution in [3.8, 4) is 0 Å². The van der Waals surface area contributed by atoms with E-state index >= 15 is 0 Å². The molecule has 1 saturated heterocycles. The van der Waals surface area contributed by atoms with Gasteiger partial charge in [-0.2, -0.15) is 0 Å². The molecule has 1 aliphatic carbocycles. The van der Waals surface area contributed by atoms with E-state index in [0.717, 1.165) is 25.8 Å². The molecule has 2 aliphatic rings. The van der Waals surface area contributed by atoms with Crippen molar-refractivity contribution in [2.45, 2.75) is 77.8 Å². The summed E-state index contributed by atoms with van der Waals surface area (Å²) in [6, 6.07) is 1.24. The molecular weight excluding hydrogens is 316 g/mol. The van der Waals surface area contributed by atoms with Crippen molar-refractivity contribution in [2.24, 2.45) is 0 Å². The quantitative estimate of drug-likeness (QED) is 0.545. The third-order valence-electron chi connectivity index (χ3n) is 5.65. The maximum atomic E-state index is 3.95. The van der Waals surface area contributed by atoms with E-state index in [0.29, 0.717) is 12.1 Å². The number of rotatable bonds is 8. The molecule has 1 aliphatic heterocycles. The molecule has 26 heavy (non-hydrogen) atoms. The number of piperidine rings is 1. The van der Waals surface area contributed by atoms with E-state index in [1.54, 1.807) is 5.57 Å². The van der Waals surface area contributed by atoms with Crippen LogP contribution in [0.25, 0.3) is 0 Å². The van der Waals surface area contributed by atoms with Gasteiger partial charge in [0.2, 0.25) is 0 Å². The first-order valence-corrected chi connectivity index (χ1v) is 10.5. The molecule has 1 N–H and O–H groups in total. The van der Waals surface area contributed by atoms with Gasteiger partial charge in [-0.25, -0.2) is 0 Å². The molecule has 1 saturated carbocycles. The van der Waals surface area contributed by atoms with Crippen LogP contribution in [0.2, 0.25) is 0 Å². The van der Waals surface area contributed by atoms with E-state index in [1.165, 1.54) is 43.5 Å². The number of nitrogens with zero attached hydrogens (tertiary/aromatic N) is 1. The van der Waals surface area contributed by atoms with E-state index in [2.05, 4.69) is 67.9 Å². The van der Waals surface area contributed by atoms with Gasteiger partial charge in [-0.05, 0) is 82.2 Å². The van der Waals surface area contributed by atoms with Crippen LogP contribution in [-0.2, 0) is 0 Å². The van der Waals surface area contributed by atoms with E-state index in [4.69, 9.17) is 0 Å². The SMILES string of the molecule is C=C/C=C(\C=C/C)N(CCC1CCCCN1)C1CC(=C/C)/C(=C\CC)C1. The van der Waals surface area contributed by atoms with Gasteiger partial charge in [0.15, 0.2) is 0 Å². The van der Waals surface area contributed by atoms with Crippen LogP contribution in [0.4, 0.5) is 0 Å². The van der Waals surface area contributed by atoms with Crippen molar-refractivity contribution in [2.75, 3.05) is 13.1 Å². The molecule has 0 aromatic heterocycles. The standard InChI is InChI=1S/C24H38N2/c1-5-11-21-19-24(18-20(21)8-4)26(23(12-6-2)13-7-3)17-15-22-14-9-10-16-25-22/h6-8,11-13,22,24-25H,2,5,9-10,14-19H2,1,3-4H3/b13-7-,20-8-,21-11-,23-12+. The lowest BCUT2D eigenvalue weighted by Crippen LogP contribution is -2.39. The highest BCUT2D eigenvalue weighted by Crippen LogP contribution is 2.36. The Morgan fingerprint density at radius 3 is 2.65 bits per heavy atom. The molecule has 2 fully saturated rings. The first-order valence-electron chi connectivity index (χ1n) is 10.5. The lowest BCUT2D eigenvalue weighted by molar-refractivity contribution is 0.244. The predicted molar refractivity (Wildman–Crippen MR) is 115 cm³/mol. The van der Waals surface area contributed by atoms with Crippen molar-refractivity contribution in [1.82, 2.24) is 10.2 Å². The van der Waals surface area contributed by atoms with Crippen molar-refractivity contribution >= 4 is 0 Å². The second kappa shape index (κ2) is 11.2. The maximum absolute atomic E-state index is 3.95. The summed E-state index contributed by atoms with van der Waals surface area (Å²) in [5.74, 6) is 0. The van der Waals surface area contributed by atoms with Gasteiger partial charge >= 0.3 is 0 Å². The number of nitrogens with one attached hydrogen (secondary N) is 1. The highest BCUT2D eigenvalue weighted by atomic mass is 15.2. The summed E-state index contributed by atoms with van der Waals surface area (Å²) in [5, 5.41) is 3.71. The van der Waals surface area contributed by atoms with E-state index in [9.17, 15) is 0 Å². The first-order chi connectivity index (χ1) is 12.7. The zero-order valence-corrected chi connectivity index (χ0v) is 17.1. The van der Waals surface area contributed by atoms with Crippen LogP contribution in [-0.4, -0.2) is 30.1 Å². The smallest absolute Gasteiger partial charge is 0.0370 e. The van der Waals surface area contributed by atoms with Crippen LogP contribution in [0.5, 0.6) is 0 Å². The minimum absolute atomic E-state index is 0.560. The molecule has 1 heterocycles. The lowest BCUT2D eigenvalue weighted by atomic mass is 10.0. The summed E-state index contributed by atoms with van der Waals surface area (Å²) < 4.78 is 0. The summed E-state index contributed by atoms with van der Waals surface area (Å²) >= 11 is 0. The van der Waals surface area contributed by atoms with E-state index in [-0.39, 0.29) is 0 Å². The Hall–Kier alpha value is -1.54.